The molecule has 0 aliphatic rings. The van der Waals surface area contributed by atoms with Crippen LogP contribution in [0, 0.1) is 0 Å². The monoisotopic (exact) mass is 198 g/mol. The van der Waals surface area contributed by atoms with Crippen molar-refractivity contribution in [2.24, 2.45) is 0 Å². The van der Waals surface area contributed by atoms with Crippen LogP contribution in [0.15, 0.2) is 23.6 Å². The van der Waals surface area contributed by atoms with Crippen LogP contribution in [0.3, 0.4) is 0 Å². The summed E-state index contributed by atoms with van der Waals surface area (Å²) in [5.41, 5.74) is 0. The highest BCUT2D eigenvalue weighted by molar-refractivity contribution is 8.00. The average molecular weight is 198 g/mol. The molecule has 0 aliphatic carbocycles. The van der Waals surface area contributed by atoms with E-state index >= 15 is 0 Å². The third kappa shape index (κ3) is 3.02. The molecule has 1 aromatic heterocycles. The number of thioether (sulfide) groups is 1. The van der Waals surface area contributed by atoms with E-state index in [2.05, 4.69) is 9.97 Å². The zero-order valence-electron chi connectivity index (χ0n) is 7.17. The van der Waals surface area contributed by atoms with Gasteiger partial charge in [-0.2, -0.15) is 0 Å². The molecule has 0 aromatic carbocycles. The largest absolute Gasteiger partial charge is 0.480 e. The number of carboxylic acid groups (broad SMARTS) is 1. The third-order valence-corrected chi connectivity index (χ3v) is 2.77. The van der Waals surface area contributed by atoms with Gasteiger partial charge in [0.1, 0.15) is 16.6 Å². The molecule has 0 spiro atoms. The summed E-state index contributed by atoms with van der Waals surface area (Å²) in [7, 11) is 0. The highest BCUT2D eigenvalue weighted by atomic mass is 32.2. The first-order chi connectivity index (χ1) is 6.24. The van der Waals surface area contributed by atoms with Gasteiger partial charge in [-0.3, -0.25) is 4.79 Å². The van der Waals surface area contributed by atoms with Crippen molar-refractivity contribution >= 4 is 17.7 Å². The Bertz CT molecular complexity index is 279. The van der Waals surface area contributed by atoms with Gasteiger partial charge < -0.3 is 5.11 Å². The lowest BCUT2D eigenvalue weighted by Crippen LogP contribution is -2.14. The molecule has 5 heteroatoms. The zero-order chi connectivity index (χ0) is 9.68. The van der Waals surface area contributed by atoms with Gasteiger partial charge in [-0.15, -0.1) is 0 Å². The maximum absolute atomic E-state index is 10.7. The molecular weight excluding hydrogens is 188 g/mol. The standard InChI is InChI=1S/C8H10N2O2S/c1-2-6(8(11)12)13-7-3-4-9-5-10-7/h3-6H,2H2,1H3,(H,11,12). The molecule has 0 amide bonds. The van der Waals surface area contributed by atoms with Crippen molar-refractivity contribution in [3.63, 3.8) is 0 Å². The highest BCUT2D eigenvalue weighted by Crippen LogP contribution is 2.22. The zero-order valence-corrected chi connectivity index (χ0v) is 7.99. The Morgan fingerprint density at radius 3 is 3.00 bits per heavy atom. The number of carbonyl (C=O) groups is 1. The lowest BCUT2D eigenvalue weighted by atomic mass is 10.3. The van der Waals surface area contributed by atoms with Gasteiger partial charge in [-0.05, 0) is 12.5 Å². The number of aromatic nitrogens is 2. The van der Waals surface area contributed by atoms with E-state index in [1.54, 1.807) is 12.3 Å². The van der Waals surface area contributed by atoms with E-state index in [1.807, 2.05) is 6.92 Å². The van der Waals surface area contributed by atoms with Crippen molar-refractivity contribution < 1.29 is 9.90 Å². The summed E-state index contributed by atoms with van der Waals surface area (Å²) in [4.78, 5) is 18.4. The van der Waals surface area contributed by atoms with E-state index < -0.39 is 11.2 Å². The second-order valence-electron chi connectivity index (χ2n) is 2.40. The molecule has 13 heavy (non-hydrogen) atoms. The first-order valence-electron chi connectivity index (χ1n) is 3.89. The summed E-state index contributed by atoms with van der Waals surface area (Å²) in [6, 6.07) is 1.70. The fourth-order valence-corrected chi connectivity index (χ4v) is 1.61. The maximum atomic E-state index is 10.7. The molecule has 4 nitrogen and oxygen atoms in total. The van der Waals surface area contributed by atoms with Crippen LogP contribution in [0.1, 0.15) is 13.3 Å². The summed E-state index contributed by atoms with van der Waals surface area (Å²) in [5, 5.41) is 9.05. The van der Waals surface area contributed by atoms with E-state index in [-0.39, 0.29) is 0 Å². The van der Waals surface area contributed by atoms with Gasteiger partial charge in [0.05, 0.1) is 0 Å². The smallest absolute Gasteiger partial charge is 0.317 e. The minimum atomic E-state index is -0.800. The Kier molecular flexibility index (Phi) is 3.70. The van der Waals surface area contributed by atoms with Gasteiger partial charge >= 0.3 is 5.97 Å². The molecule has 0 aliphatic heterocycles. The maximum Gasteiger partial charge on any atom is 0.317 e. The first-order valence-corrected chi connectivity index (χ1v) is 4.77. The Labute approximate surface area is 80.4 Å². The van der Waals surface area contributed by atoms with Crippen molar-refractivity contribution in [3.8, 4) is 0 Å². The summed E-state index contributed by atoms with van der Waals surface area (Å²) in [5.74, 6) is -0.800. The lowest BCUT2D eigenvalue weighted by Gasteiger charge is -2.07. The fraction of sp³-hybridized carbons (Fsp3) is 0.375. The van der Waals surface area contributed by atoms with Gasteiger partial charge in [-0.25, -0.2) is 9.97 Å². The molecular formula is C8H10N2O2S. The minimum Gasteiger partial charge on any atom is -0.480 e. The Balaban J connectivity index is 2.62. The Hall–Kier alpha value is -1.10. The lowest BCUT2D eigenvalue weighted by molar-refractivity contribution is -0.136. The van der Waals surface area contributed by atoms with Crippen molar-refractivity contribution in [3.05, 3.63) is 18.6 Å². The Morgan fingerprint density at radius 1 is 1.77 bits per heavy atom. The molecule has 1 atom stereocenters. The first kappa shape index (κ1) is 9.98. The topological polar surface area (TPSA) is 63.1 Å². The average Bonchev–Trinajstić information content (AvgIpc) is 2.15. The van der Waals surface area contributed by atoms with Gasteiger partial charge in [-0.1, -0.05) is 18.7 Å². The van der Waals surface area contributed by atoms with E-state index in [0.29, 0.717) is 11.4 Å². The van der Waals surface area contributed by atoms with E-state index in [9.17, 15) is 4.79 Å². The van der Waals surface area contributed by atoms with Crippen LogP contribution in [0.5, 0.6) is 0 Å². The number of rotatable bonds is 4. The van der Waals surface area contributed by atoms with Gasteiger partial charge in [0.25, 0.3) is 0 Å². The van der Waals surface area contributed by atoms with Crippen LogP contribution in [0.25, 0.3) is 0 Å². The normalized spacial score (nSPS) is 12.4. The number of hydrogen-bond acceptors (Lipinski definition) is 4. The number of nitrogens with zero attached hydrogens (tertiary/aromatic N) is 2. The molecule has 0 radical (unpaired) electrons. The second kappa shape index (κ2) is 4.81. The molecule has 1 N–H and O–H groups in total. The molecule has 0 bridgehead atoms. The number of aliphatic carboxylic acids is 1. The van der Waals surface area contributed by atoms with Crippen molar-refractivity contribution in [2.75, 3.05) is 0 Å². The molecule has 1 aromatic rings. The van der Waals surface area contributed by atoms with Crippen LogP contribution in [-0.4, -0.2) is 26.3 Å². The molecule has 70 valence electrons. The third-order valence-electron chi connectivity index (χ3n) is 1.46. The molecule has 0 fully saturated rings. The molecule has 1 rings (SSSR count). The predicted octanol–water partition coefficient (Wildman–Crippen LogP) is 1.43. The van der Waals surface area contributed by atoms with Crippen LogP contribution >= 0.6 is 11.8 Å². The number of hydrogen-bond donors (Lipinski definition) is 1. The quantitative estimate of drug-likeness (QED) is 0.585. The SMILES string of the molecule is CCC(Sc1ccncn1)C(=O)O. The summed E-state index contributed by atoms with van der Waals surface area (Å²) in [6.45, 7) is 1.84. The van der Waals surface area contributed by atoms with E-state index in [1.165, 1.54) is 18.1 Å². The predicted molar refractivity (Wildman–Crippen MR) is 49.6 cm³/mol. The van der Waals surface area contributed by atoms with Crippen molar-refractivity contribution in [2.45, 2.75) is 23.6 Å². The van der Waals surface area contributed by atoms with Crippen molar-refractivity contribution in [1.29, 1.82) is 0 Å². The molecule has 1 unspecified atom stereocenters. The van der Waals surface area contributed by atoms with Gasteiger partial charge in [0.15, 0.2) is 0 Å². The highest BCUT2D eigenvalue weighted by Gasteiger charge is 2.16. The summed E-state index contributed by atoms with van der Waals surface area (Å²) in [6.07, 6.45) is 3.60. The van der Waals surface area contributed by atoms with Crippen molar-refractivity contribution in [1.82, 2.24) is 9.97 Å². The fourth-order valence-electron chi connectivity index (χ4n) is 0.802. The van der Waals surface area contributed by atoms with Crippen LogP contribution in [0.2, 0.25) is 0 Å². The molecule has 1 heterocycles. The molecule has 0 saturated heterocycles. The number of carboxylic acids is 1. The van der Waals surface area contributed by atoms with Gasteiger partial charge in [0.2, 0.25) is 0 Å². The molecule has 0 saturated carbocycles. The van der Waals surface area contributed by atoms with Crippen LogP contribution in [0.4, 0.5) is 0 Å². The van der Waals surface area contributed by atoms with Gasteiger partial charge in [0, 0.05) is 6.20 Å². The Morgan fingerprint density at radius 2 is 2.54 bits per heavy atom. The van der Waals surface area contributed by atoms with Crippen LogP contribution in [-0.2, 0) is 4.79 Å². The second-order valence-corrected chi connectivity index (χ2v) is 3.62. The van der Waals surface area contributed by atoms with E-state index in [0.717, 1.165) is 0 Å². The van der Waals surface area contributed by atoms with Crippen LogP contribution < -0.4 is 0 Å². The summed E-state index contributed by atoms with van der Waals surface area (Å²) < 4.78 is 0. The van der Waals surface area contributed by atoms with E-state index in [4.69, 9.17) is 5.11 Å². The summed E-state index contributed by atoms with van der Waals surface area (Å²) >= 11 is 1.25. The minimum absolute atomic E-state index is 0.421.